The number of anilines is 1. The molecule has 0 saturated carbocycles. The van der Waals surface area contributed by atoms with E-state index in [9.17, 15) is 18.0 Å². The monoisotopic (exact) mass is 569 g/mol. The Hall–Kier alpha value is -3.36. The lowest BCUT2D eigenvalue weighted by Crippen LogP contribution is -2.51. The van der Waals surface area contributed by atoms with Crippen molar-refractivity contribution in [2.24, 2.45) is 0 Å². The van der Waals surface area contributed by atoms with E-state index in [1.165, 1.54) is 29.2 Å². The van der Waals surface area contributed by atoms with Crippen LogP contribution < -0.4 is 9.62 Å². The van der Waals surface area contributed by atoms with Gasteiger partial charge in [0, 0.05) is 18.1 Å². The smallest absolute Gasteiger partial charge is 0.264 e. The van der Waals surface area contributed by atoms with Crippen LogP contribution in [0.4, 0.5) is 5.69 Å². The number of carbonyl (C=O) groups excluding carboxylic acids is 2. The molecule has 0 aromatic heterocycles. The fraction of sp³-hybridized carbons (Fsp3) is 0.333. The Kier molecular flexibility index (Phi) is 10.5. The Morgan fingerprint density at radius 1 is 0.923 bits per heavy atom. The Bertz CT molecular complexity index is 1390. The second-order valence-corrected chi connectivity index (χ2v) is 11.8. The number of sulfonamides is 1. The SMILES string of the molecule is CCCCNC(=O)C(C)N(Cc1ccccc1C)C(=O)CN(c1ccccc1C)S(=O)(=O)c1ccc(Cl)cc1. The van der Waals surface area contributed by atoms with Gasteiger partial charge in [0.1, 0.15) is 12.6 Å². The van der Waals surface area contributed by atoms with E-state index in [1.807, 2.05) is 38.1 Å². The van der Waals surface area contributed by atoms with E-state index >= 15 is 0 Å². The zero-order valence-corrected chi connectivity index (χ0v) is 24.4. The molecule has 9 heteroatoms. The van der Waals surface area contributed by atoms with E-state index in [1.54, 1.807) is 38.1 Å². The number of aryl methyl sites for hydroxylation is 2. The molecular formula is C30H36ClN3O4S. The van der Waals surface area contributed by atoms with E-state index in [2.05, 4.69) is 5.32 Å². The minimum Gasteiger partial charge on any atom is -0.354 e. The first kappa shape index (κ1) is 30.2. The van der Waals surface area contributed by atoms with Crippen LogP contribution in [0.5, 0.6) is 0 Å². The summed E-state index contributed by atoms with van der Waals surface area (Å²) in [6, 6.07) is 19.6. The van der Waals surface area contributed by atoms with Gasteiger partial charge >= 0.3 is 0 Å². The molecule has 0 radical (unpaired) electrons. The number of nitrogens with zero attached hydrogens (tertiary/aromatic N) is 2. The summed E-state index contributed by atoms with van der Waals surface area (Å²) >= 11 is 6.00. The molecule has 3 rings (SSSR count). The average Bonchev–Trinajstić information content (AvgIpc) is 2.91. The van der Waals surface area contributed by atoms with Crippen molar-refractivity contribution >= 4 is 39.1 Å². The molecule has 208 valence electrons. The zero-order valence-electron chi connectivity index (χ0n) is 22.9. The first-order valence-electron chi connectivity index (χ1n) is 13.0. The third kappa shape index (κ3) is 7.61. The van der Waals surface area contributed by atoms with Gasteiger partial charge in [-0.3, -0.25) is 13.9 Å². The van der Waals surface area contributed by atoms with Crippen LogP contribution in [0.15, 0.2) is 77.7 Å². The Labute approximate surface area is 236 Å². The molecule has 0 spiro atoms. The van der Waals surface area contributed by atoms with E-state index in [4.69, 9.17) is 11.6 Å². The maximum absolute atomic E-state index is 14.0. The Morgan fingerprint density at radius 2 is 1.54 bits per heavy atom. The topological polar surface area (TPSA) is 86.8 Å². The van der Waals surface area contributed by atoms with Crippen LogP contribution in [0.2, 0.25) is 5.02 Å². The largest absolute Gasteiger partial charge is 0.354 e. The molecule has 1 atom stereocenters. The van der Waals surface area contributed by atoms with E-state index < -0.39 is 28.5 Å². The van der Waals surface area contributed by atoms with Crippen LogP contribution in [0.25, 0.3) is 0 Å². The third-order valence-electron chi connectivity index (χ3n) is 6.66. The highest BCUT2D eigenvalue weighted by Crippen LogP contribution is 2.28. The summed E-state index contributed by atoms with van der Waals surface area (Å²) in [6.07, 6.45) is 1.75. The highest BCUT2D eigenvalue weighted by molar-refractivity contribution is 7.92. The summed E-state index contributed by atoms with van der Waals surface area (Å²) < 4.78 is 28.9. The number of amides is 2. The summed E-state index contributed by atoms with van der Waals surface area (Å²) in [5.41, 5.74) is 2.93. The first-order chi connectivity index (χ1) is 18.6. The molecule has 0 saturated heterocycles. The number of hydrogen-bond donors (Lipinski definition) is 1. The predicted octanol–water partition coefficient (Wildman–Crippen LogP) is 5.49. The zero-order chi connectivity index (χ0) is 28.6. The van der Waals surface area contributed by atoms with Gasteiger partial charge in [0.15, 0.2) is 0 Å². The molecule has 2 amide bonds. The Balaban J connectivity index is 2.02. The van der Waals surface area contributed by atoms with Crippen molar-refractivity contribution in [1.29, 1.82) is 0 Å². The molecule has 39 heavy (non-hydrogen) atoms. The molecule has 0 aliphatic heterocycles. The normalized spacial score (nSPS) is 12.0. The third-order valence-corrected chi connectivity index (χ3v) is 8.69. The number of para-hydroxylation sites is 1. The van der Waals surface area contributed by atoms with Gasteiger partial charge in [-0.2, -0.15) is 0 Å². The lowest BCUT2D eigenvalue weighted by atomic mass is 10.1. The second-order valence-electron chi connectivity index (χ2n) is 9.52. The van der Waals surface area contributed by atoms with Gasteiger partial charge in [-0.1, -0.05) is 67.4 Å². The van der Waals surface area contributed by atoms with Crippen LogP contribution in [0.3, 0.4) is 0 Å². The lowest BCUT2D eigenvalue weighted by molar-refractivity contribution is -0.139. The molecule has 1 unspecified atom stereocenters. The van der Waals surface area contributed by atoms with Gasteiger partial charge in [0.2, 0.25) is 11.8 Å². The van der Waals surface area contributed by atoms with Crippen molar-refractivity contribution in [2.75, 3.05) is 17.4 Å². The summed E-state index contributed by atoms with van der Waals surface area (Å²) in [5.74, 6) is -0.773. The summed E-state index contributed by atoms with van der Waals surface area (Å²) in [4.78, 5) is 28.5. The molecule has 3 aromatic carbocycles. The maximum Gasteiger partial charge on any atom is 0.264 e. The van der Waals surface area contributed by atoms with Crippen molar-refractivity contribution < 1.29 is 18.0 Å². The molecule has 0 fully saturated rings. The Morgan fingerprint density at radius 3 is 2.15 bits per heavy atom. The van der Waals surface area contributed by atoms with Gasteiger partial charge in [0.05, 0.1) is 10.6 Å². The number of hydrogen-bond acceptors (Lipinski definition) is 4. The average molecular weight is 570 g/mol. The molecule has 3 aromatic rings. The van der Waals surface area contributed by atoms with Crippen molar-refractivity contribution in [1.82, 2.24) is 10.2 Å². The van der Waals surface area contributed by atoms with Gasteiger partial charge in [0.25, 0.3) is 10.0 Å². The lowest BCUT2D eigenvalue weighted by Gasteiger charge is -2.32. The van der Waals surface area contributed by atoms with Gasteiger partial charge in [-0.05, 0) is 74.2 Å². The fourth-order valence-electron chi connectivity index (χ4n) is 4.18. The molecule has 0 heterocycles. The van der Waals surface area contributed by atoms with Gasteiger partial charge < -0.3 is 10.2 Å². The fourth-order valence-corrected chi connectivity index (χ4v) is 5.78. The number of rotatable bonds is 12. The minimum absolute atomic E-state index is 0.0127. The summed E-state index contributed by atoms with van der Waals surface area (Å²) in [6.45, 7) is 7.62. The molecule has 0 aliphatic rings. The quantitative estimate of drug-likeness (QED) is 0.292. The van der Waals surface area contributed by atoms with Crippen molar-refractivity contribution in [3.63, 3.8) is 0 Å². The number of nitrogens with one attached hydrogen (secondary N) is 1. The first-order valence-corrected chi connectivity index (χ1v) is 14.8. The summed E-state index contributed by atoms with van der Waals surface area (Å²) in [5, 5.41) is 3.30. The minimum atomic E-state index is -4.14. The van der Waals surface area contributed by atoms with Crippen LogP contribution in [-0.2, 0) is 26.2 Å². The van der Waals surface area contributed by atoms with Crippen molar-refractivity contribution in [2.45, 2.75) is 58.0 Å². The van der Waals surface area contributed by atoms with Crippen LogP contribution in [-0.4, -0.2) is 44.3 Å². The van der Waals surface area contributed by atoms with Crippen LogP contribution in [0.1, 0.15) is 43.4 Å². The van der Waals surface area contributed by atoms with Crippen molar-refractivity contribution in [3.8, 4) is 0 Å². The molecule has 0 aliphatic carbocycles. The second kappa shape index (κ2) is 13.6. The molecule has 7 nitrogen and oxygen atoms in total. The van der Waals surface area contributed by atoms with E-state index in [0.717, 1.165) is 28.3 Å². The van der Waals surface area contributed by atoms with E-state index in [-0.39, 0.29) is 17.3 Å². The highest BCUT2D eigenvalue weighted by atomic mass is 35.5. The summed E-state index contributed by atoms with van der Waals surface area (Å²) in [7, 11) is -4.14. The number of benzene rings is 3. The number of unbranched alkanes of at least 4 members (excludes halogenated alkanes) is 1. The van der Waals surface area contributed by atoms with E-state index in [0.29, 0.717) is 22.8 Å². The standard InChI is InChI=1S/C30H36ClN3O4S/c1-5-6-19-32-30(36)24(4)33(20-25-13-9-7-11-22(25)2)29(35)21-34(28-14-10-8-12-23(28)3)39(37,38)27-17-15-26(31)16-18-27/h7-18,24H,5-6,19-21H2,1-4H3,(H,32,36). The van der Waals surface area contributed by atoms with Gasteiger partial charge in [-0.25, -0.2) is 8.42 Å². The van der Waals surface area contributed by atoms with Crippen LogP contribution >= 0.6 is 11.6 Å². The number of halogens is 1. The number of carbonyl (C=O) groups is 2. The maximum atomic E-state index is 14.0. The molecule has 0 bridgehead atoms. The van der Waals surface area contributed by atoms with Gasteiger partial charge in [-0.15, -0.1) is 0 Å². The predicted molar refractivity (Wildman–Crippen MR) is 156 cm³/mol. The van der Waals surface area contributed by atoms with Crippen molar-refractivity contribution in [3.05, 3.63) is 94.5 Å². The highest BCUT2D eigenvalue weighted by Gasteiger charge is 2.33. The van der Waals surface area contributed by atoms with Crippen LogP contribution in [0, 0.1) is 13.8 Å². The molecular weight excluding hydrogens is 534 g/mol. The molecule has 1 N–H and O–H groups in total.